The van der Waals surface area contributed by atoms with Crippen LogP contribution in [0.4, 0.5) is 5.82 Å². The molecule has 0 aliphatic heterocycles. The number of hydrogen-bond donors (Lipinski definition) is 1. The molecule has 0 radical (unpaired) electrons. The van der Waals surface area contributed by atoms with Crippen molar-refractivity contribution in [1.82, 2.24) is 9.97 Å². The molecule has 1 N–H and O–H groups in total. The predicted molar refractivity (Wildman–Crippen MR) is 74.8 cm³/mol. The molecule has 2 aromatic rings. The van der Waals surface area contributed by atoms with E-state index < -0.39 is 0 Å². The minimum Gasteiger partial charge on any atom is -0.370 e. The van der Waals surface area contributed by atoms with Crippen molar-refractivity contribution in [2.45, 2.75) is 26.2 Å². The van der Waals surface area contributed by atoms with Gasteiger partial charge in [0.25, 0.3) is 0 Å². The van der Waals surface area contributed by atoms with E-state index >= 15 is 0 Å². The number of rotatable bonds is 5. The van der Waals surface area contributed by atoms with Gasteiger partial charge >= 0.3 is 0 Å². The van der Waals surface area contributed by atoms with Crippen LogP contribution in [0.25, 0.3) is 0 Å². The molecule has 94 valence electrons. The summed E-state index contributed by atoms with van der Waals surface area (Å²) in [4.78, 5) is 8.48. The van der Waals surface area contributed by atoms with Crippen LogP contribution in [0.5, 0.6) is 0 Å². The topological polar surface area (TPSA) is 37.8 Å². The Morgan fingerprint density at radius 1 is 1.11 bits per heavy atom. The molecule has 0 atom stereocenters. The van der Waals surface area contributed by atoms with Crippen molar-refractivity contribution in [2.75, 3.05) is 11.9 Å². The summed E-state index contributed by atoms with van der Waals surface area (Å²) in [5, 5.41) is 3.34. The zero-order valence-electron chi connectivity index (χ0n) is 10.9. The van der Waals surface area contributed by atoms with E-state index in [0.29, 0.717) is 5.92 Å². The Bertz CT molecular complexity index is 480. The largest absolute Gasteiger partial charge is 0.370 e. The average Bonchev–Trinajstić information content (AvgIpc) is 2.40. The number of aromatic nitrogens is 2. The maximum atomic E-state index is 4.25. The van der Waals surface area contributed by atoms with Crippen LogP contribution in [-0.2, 0) is 6.42 Å². The molecule has 0 bridgehead atoms. The van der Waals surface area contributed by atoms with Crippen molar-refractivity contribution in [1.29, 1.82) is 0 Å². The summed E-state index contributed by atoms with van der Waals surface area (Å²) in [7, 11) is 0. The van der Waals surface area contributed by atoms with Crippen molar-refractivity contribution >= 4 is 5.82 Å². The standard InChI is InChI=1S/C15H19N3/c1-12(2)14-10-15(18-11-17-14)16-9-8-13-6-4-3-5-7-13/h3-7,10-12H,8-9H2,1-2H3,(H,16,17,18). The fourth-order valence-electron chi connectivity index (χ4n) is 1.76. The molecule has 3 nitrogen and oxygen atoms in total. The third-order valence-corrected chi connectivity index (χ3v) is 2.84. The summed E-state index contributed by atoms with van der Waals surface area (Å²) in [5.41, 5.74) is 2.41. The molecule has 0 aliphatic rings. The predicted octanol–water partition coefficient (Wildman–Crippen LogP) is 3.25. The first-order valence-electron chi connectivity index (χ1n) is 6.35. The van der Waals surface area contributed by atoms with Crippen molar-refractivity contribution in [3.63, 3.8) is 0 Å². The molecule has 0 spiro atoms. The average molecular weight is 241 g/mol. The van der Waals surface area contributed by atoms with Crippen LogP contribution >= 0.6 is 0 Å². The molecule has 18 heavy (non-hydrogen) atoms. The van der Waals surface area contributed by atoms with E-state index in [1.165, 1.54) is 5.56 Å². The highest BCUT2D eigenvalue weighted by Crippen LogP contribution is 2.13. The van der Waals surface area contributed by atoms with Crippen LogP contribution in [0.2, 0.25) is 0 Å². The lowest BCUT2D eigenvalue weighted by Crippen LogP contribution is -2.07. The third kappa shape index (κ3) is 3.55. The fraction of sp³-hybridized carbons (Fsp3) is 0.333. The van der Waals surface area contributed by atoms with E-state index in [0.717, 1.165) is 24.5 Å². The first kappa shape index (κ1) is 12.6. The minimum atomic E-state index is 0.433. The lowest BCUT2D eigenvalue weighted by Gasteiger charge is -2.08. The van der Waals surface area contributed by atoms with Gasteiger partial charge in [0.2, 0.25) is 0 Å². The first-order chi connectivity index (χ1) is 8.75. The zero-order valence-corrected chi connectivity index (χ0v) is 10.9. The Labute approximate surface area is 108 Å². The maximum Gasteiger partial charge on any atom is 0.129 e. The molecule has 2 rings (SSSR count). The van der Waals surface area contributed by atoms with Gasteiger partial charge in [-0.2, -0.15) is 0 Å². The second kappa shape index (κ2) is 6.15. The SMILES string of the molecule is CC(C)c1cc(NCCc2ccccc2)ncn1. The van der Waals surface area contributed by atoms with Crippen LogP contribution in [0.15, 0.2) is 42.7 Å². The Morgan fingerprint density at radius 3 is 2.61 bits per heavy atom. The van der Waals surface area contributed by atoms with Gasteiger partial charge in [0, 0.05) is 18.3 Å². The van der Waals surface area contributed by atoms with Gasteiger partial charge in [0.1, 0.15) is 12.1 Å². The molecule has 0 saturated carbocycles. The van der Waals surface area contributed by atoms with Crippen molar-refractivity contribution in [3.05, 3.63) is 54.0 Å². The molecule has 1 heterocycles. The van der Waals surface area contributed by atoms with Crippen LogP contribution in [-0.4, -0.2) is 16.5 Å². The number of benzene rings is 1. The summed E-state index contributed by atoms with van der Waals surface area (Å²) < 4.78 is 0. The normalized spacial score (nSPS) is 10.6. The van der Waals surface area contributed by atoms with Gasteiger partial charge in [-0.15, -0.1) is 0 Å². The summed E-state index contributed by atoms with van der Waals surface area (Å²) in [6.45, 7) is 5.16. The summed E-state index contributed by atoms with van der Waals surface area (Å²) in [6, 6.07) is 12.5. The molecule has 0 aliphatic carbocycles. The highest BCUT2D eigenvalue weighted by atomic mass is 15.0. The monoisotopic (exact) mass is 241 g/mol. The third-order valence-electron chi connectivity index (χ3n) is 2.84. The maximum absolute atomic E-state index is 4.25. The second-order valence-corrected chi connectivity index (χ2v) is 4.65. The van der Waals surface area contributed by atoms with Crippen LogP contribution in [0, 0.1) is 0 Å². The second-order valence-electron chi connectivity index (χ2n) is 4.65. The van der Waals surface area contributed by atoms with Gasteiger partial charge in [-0.25, -0.2) is 9.97 Å². The number of nitrogens with one attached hydrogen (secondary N) is 1. The van der Waals surface area contributed by atoms with E-state index in [1.807, 2.05) is 12.1 Å². The van der Waals surface area contributed by atoms with Gasteiger partial charge in [0.15, 0.2) is 0 Å². The molecule has 0 amide bonds. The van der Waals surface area contributed by atoms with Gasteiger partial charge in [-0.3, -0.25) is 0 Å². The molecule has 0 saturated heterocycles. The fourth-order valence-corrected chi connectivity index (χ4v) is 1.76. The molecule has 1 aromatic carbocycles. The summed E-state index contributed by atoms with van der Waals surface area (Å²) in [6.07, 6.45) is 2.63. The molecule has 3 heteroatoms. The summed E-state index contributed by atoms with van der Waals surface area (Å²) in [5.74, 6) is 1.34. The van der Waals surface area contributed by atoms with Gasteiger partial charge in [0.05, 0.1) is 0 Å². The van der Waals surface area contributed by atoms with Gasteiger partial charge in [-0.1, -0.05) is 44.2 Å². The van der Waals surface area contributed by atoms with Gasteiger partial charge in [-0.05, 0) is 17.9 Å². The molecular formula is C15H19N3. The Morgan fingerprint density at radius 2 is 1.89 bits per heavy atom. The smallest absolute Gasteiger partial charge is 0.129 e. The first-order valence-corrected chi connectivity index (χ1v) is 6.35. The van der Waals surface area contributed by atoms with Crippen LogP contribution in [0.3, 0.4) is 0 Å². The van der Waals surface area contributed by atoms with E-state index in [-0.39, 0.29) is 0 Å². The molecule has 0 unspecified atom stereocenters. The van der Waals surface area contributed by atoms with E-state index in [1.54, 1.807) is 6.33 Å². The number of anilines is 1. The van der Waals surface area contributed by atoms with Crippen LogP contribution in [0.1, 0.15) is 31.0 Å². The minimum absolute atomic E-state index is 0.433. The molecule has 0 fully saturated rings. The Kier molecular flexibility index (Phi) is 4.29. The Balaban J connectivity index is 1.89. The van der Waals surface area contributed by atoms with E-state index in [2.05, 4.69) is 53.4 Å². The van der Waals surface area contributed by atoms with E-state index in [9.17, 15) is 0 Å². The molecule has 1 aromatic heterocycles. The highest BCUT2D eigenvalue weighted by molar-refractivity contribution is 5.35. The van der Waals surface area contributed by atoms with E-state index in [4.69, 9.17) is 0 Å². The number of nitrogens with zero attached hydrogens (tertiary/aromatic N) is 2. The lowest BCUT2D eigenvalue weighted by molar-refractivity contribution is 0.813. The number of hydrogen-bond acceptors (Lipinski definition) is 3. The highest BCUT2D eigenvalue weighted by Gasteiger charge is 2.02. The van der Waals surface area contributed by atoms with Crippen molar-refractivity contribution in [2.24, 2.45) is 0 Å². The van der Waals surface area contributed by atoms with Gasteiger partial charge < -0.3 is 5.32 Å². The zero-order chi connectivity index (χ0) is 12.8. The van der Waals surface area contributed by atoms with Crippen molar-refractivity contribution < 1.29 is 0 Å². The quantitative estimate of drug-likeness (QED) is 0.873. The lowest BCUT2D eigenvalue weighted by atomic mass is 10.1. The Hall–Kier alpha value is -1.90. The van der Waals surface area contributed by atoms with Crippen LogP contribution < -0.4 is 5.32 Å². The van der Waals surface area contributed by atoms with Crippen molar-refractivity contribution in [3.8, 4) is 0 Å². The summed E-state index contributed by atoms with van der Waals surface area (Å²) >= 11 is 0. The molecular weight excluding hydrogens is 222 g/mol.